The van der Waals surface area contributed by atoms with Gasteiger partial charge in [0.05, 0.1) is 13.2 Å². The van der Waals surface area contributed by atoms with Gasteiger partial charge in [0, 0.05) is 12.1 Å². The van der Waals surface area contributed by atoms with Crippen molar-refractivity contribution in [3.63, 3.8) is 0 Å². The maximum atomic E-state index is 11.8. The van der Waals surface area contributed by atoms with E-state index in [9.17, 15) is 13.2 Å². The number of hydrogen-bond donors (Lipinski definition) is 1. The Morgan fingerprint density at radius 2 is 2.00 bits per heavy atom. The number of nitrogens with two attached hydrogens (primary N) is 1. The van der Waals surface area contributed by atoms with Crippen LogP contribution in [0.25, 0.3) is 0 Å². The first-order valence-corrected chi connectivity index (χ1v) is 6.19. The monoisotopic (exact) mass is 289 g/mol. The summed E-state index contributed by atoms with van der Waals surface area (Å²) in [5.41, 5.74) is 7.20. The molecule has 6 heteroatoms. The predicted molar refractivity (Wildman–Crippen MR) is 71.7 cm³/mol. The Morgan fingerprint density at radius 3 is 2.65 bits per heavy atom. The van der Waals surface area contributed by atoms with Crippen molar-refractivity contribution in [3.05, 3.63) is 36.4 Å². The first kappa shape index (κ1) is 16.4. The fraction of sp³-hybridized carbons (Fsp3) is 0.429. The maximum Gasteiger partial charge on any atom is 0.411 e. The summed E-state index contributed by atoms with van der Waals surface area (Å²) in [6.07, 6.45) is -1.55. The van der Waals surface area contributed by atoms with E-state index in [2.05, 4.69) is 11.3 Å². The number of benzene rings is 1. The Balaban J connectivity index is 2.33. The van der Waals surface area contributed by atoms with Crippen LogP contribution in [0.4, 0.5) is 18.9 Å². The molecule has 0 radical (unpaired) electrons. The van der Waals surface area contributed by atoms with Crippen molar-refractivity contribution in [3.8, 4) is 5.75 Å². The molecule has 0 aromatic heterocycles. The Kier molecular flexibility index (Phi) is 6.38. The topological polar surface area (TPSA) is 44.5 Å². The van der Waals surface area contributed by atoms with Gasteiger partial charge in [0.1, 0.15) is 12.4 Å². The molecule has 0 unspecified atom stereocenters. The van der Waals surface area contributed by atoms with Gasteiger partial charge in [0.25, 0.3) is 0 Å². The minimum Gasteiger partial charge on any atom is -0.493 e. The van der Waals surface area contributed by atoms with E-state index in [0.717, 1.165) is 5.56 Å². The minimum atomic E-state index is -4.28. The quantitative estimate of drug-likeness (QED) is 0.453. The van der Waals surface area contributed by atoms with Gasteiger partial charge in [-0.1, -0.05) is 6.08 Å². The zero-order valence-corrected chi connectivity index (χ0v) is 11.1. The van der Waals surface area contributed by atoms with E-state index in [4.69, 9.17) is 10.5 Å². The third-order valence-corrected chi connectivity index (χ3v) is 2.41. The highest BCUT2D eigenvalue weighted by Gasteiger charge is 2.27. The van der Waals surface area contributed by atoms with Crippen molar-refractivity contribution in [2.45, 2.75) is 19.0 Å². The summed E-state index contributed by atoms with van der Waals surface area (Å²) in [5.74, 6) is 0.662. The highest BCUT2D eigenvalue weighted by molar-refractivity contribution is 5.48. The molecule has 20 heavy (non-hydrogen) atoms. The van der Waals surface area contributed by atoms with Crippen molar-refractivity contribution >= 4 is 5.69 Å². The van der Waals surface area contributed by atoms with E-state index in [1.54, 1.807) is 24.3 Å². The van der Waals surface area contributed by atoms with Gasteiger partial charge < -0.3 is 15.2 Å². The van der Waals surface area contributed by atoms with Crippen LogP contribution in [0.5, 0.6) is 5.75 Å². The van der Waals surface area contributed by atoms with Gasteiger partial charge in [-0.3, -0.25) is 0 Å². The lowest BCUT2D eigenvalue weighted by Crippen LogP contribution is -2.18. The number of hydrogen-bond acceptors (Lipinski definition) is 3. The molecule has 0 saturated carbocycles. The number of alkyl halides is 3. The third-order valence-electron chi connectivity index (χ3n) is 2.41. The molecule has 0 saturated heterocycles. The zero-order chi connectivity index (χ0) is 15.0. The van der Waals surface area contributed by atoms with Crippen molar-refractivity contribution in [1.29, 1.82) is 0 Å². The van der Waals surface area contributed by atoms with Crippen LogP contribution < -0.4 is 10.5 Å². The molecule has 0 aliphatic carbocycles. The molecule has 1 aromatic carbocycles. The van der Waals surface area contributed by atoms with Crippen LogP contribution in [0.15, 0.2) is 30.9 Å². The molecule has 0 atom stereocenters. The van der Waals surface area contributed by atoms with Crippen molar-refractivity contribution in [2.24, 2.45) is 0 Å². The van der Waals surface area contributed by atoms with Gasteiger partial charge in [0.2, 0.25) is 0 Å². The third kappa shape index (κ3) is 6.47. The number of nitrogen functional groups attached to an aromatic ring is 1. The minimum absolute atomic E-state index is 0.00523. The second-order valence-electron chi connectivity index (χ2n) is 4.23. The van der Waals surface area contributed by atoms with Crippen LogP contribution in [0, 0.1) is 0 Å². The molecule has 0 amide bonds. The van der Waals surface area contributed by atoms with Crippen molar-refractivity contribution < 1.29 is 22.6 Å². The summed E-state index contributed by atoms with van der Waals surface area (Å²) >= 11 is 0. The molecule has 1 aromatic rings. The lowest BCUT2D eigenvalue weighted by molar-refractivity contribution is -0.174. The largest absolute Gasteiger partial charge is 0.493 e. The van der Waals surface area contributed by atoms with Gasteiger partial charge in [-0.2, -0.15) is 13.2 Å². The second-order valence-corrected chi connectivity index (χ2v) is 4.23. The van der Waals surface area contributed by atoms with Gasteiger partial charge in [-0.25, -0.2) is 0 Å². The van der Waals surface area contributed by atoms with Crippen LogP contribution in [0.3, 0.4) is 0 Å². The summed E-state index contributed by atoms with van der Waals surface area (Å²) in [5, 5.41) is 0. The highest BCUT2D eigenvalue weighted by Crippen LogP contribution is 2.22. The van der Waals surface area contributed by atoms with Crippen molar-refractivity contribution in [1.82, 2.24) is 0 Å². The zero-order valence-electron chi connectivity index (χ0n) is 11.1. The number of allylic oxidation sites excluding steroid dienone is 1. The summed E-state index contributed by atoms with van der Waals surface area (Å²) in [7, 11) is 0. The Labute approximate surface area is 116 Å². The summed E-state index contributed by atoms with van der Waals surface area (Å²) in [6, 6.07) is 5.24. The number of halogens is 3. The van der Waals surface area contributed by atoms with Crippen LogP contribution in [0.1, 0.15) is 12.0 Å². The molecule has 1 rings (SSSR count). The van der Waals surface area contributed by atoms with E-state index in [1.807, 2.05) is 0 Å². The Hall–Kier alpha value is -1.69. The molecule has 0 heterocycles. The molecule has 0 aliphatic heterocycles. The lowest BCUT2D eigenvalue weighted by Gasteiger charge is -2.12. The first-order valence-electron chi connectivity index (χ1n) is 6.19. The molecular weight excluding hydrogens is 271 g/mol. The summed E-state index contributed by atoms with van der Waals surface area (Å²) in [6.45, 7) is 2.71. The summed E-state index contributed by atoms with van der Waals surface area (Å²) < 4.78 is 45.5. The Morgan fingerprint density at radius 1 is 1.25 bits per heavy atom. The lowest BCUT2D eigenvalue weighted by atomic mass is 10.1. The van der Waals surface area contributed by atoms with Crippen LogP contribution in [0.2, 0.25) is 0 Å². The van der Waals surface area contributed by atoms with Gasteiger partial charge in [-0.05, 0) is 30.2 Å². The fourth-order valence-corrected chi connectivity index (χ4v) is 1.59. The molecule has 0 aliphatic rings. The van der Waals surface area contributed by atoms with E-state index < -0.39 is 12.8 Å². The average molecular weight is 289 g/mol. The van der Waals surface area contributed by atoms with Gasteiger partial charge >= 0.3 is 6.18 Å². The van der Waals surface area contributed by atoms with Crippen LogP contribution in [-0.4, -0.2) is 26.0 Å². The molecule has 2 N–H and O–H groups in total. The molecular formula is C14H18F3NO2. The summed E-state index contributed by atoms with van der Waals surface area (Å²) in [4.78, 5) is 0. The number of anilines is 1. The smallest absolute Gasteiger partial charge is 0.411 e. The van der Waals surface area contributed by atoms with E-state index in [-0.39, 0.29) is 13.2 Å². The highest BCUT2D eigenvalue weighted by atomic mass is 19.4. The van der Waals surface area contributed by atoms with Crippen LogP contribution in [-0.2, 0) is 11.2 Å². The second kappa shape index (κ2) is 7.79. The standard InChI is InChI=1S/C14H18F3NO2/c1-2-4-11-9-12(18)5-6-13(11)20-8-3-7-19-10-14(15,16)17/h2,5-6,9H,1,3-4,7-8,10,18H2. The van der Waals surface area contributed by atoms with E-state index >= 15 is 0 Å². The average Bonchev–Trinajstić information content (AvgIpc) is 2.35. The number of rotatable bonds is 8. The van der Waals surface area contributed by atoms with E-state index in [0.29, 0.717) is 24.3 Å². The predicted octanol–water partition coefficient (Wildman–Crippen LogP) is 3.35. The molecule has 3 nitrogen and oxygen atoms in total. The molecule has 0 bridgehead atoms. The van der Waals surface area contributed by atoms with Crippen molar-refractivity contribution in [2.75, 3.05) is 25.6 Å². The van der Waals surface area contributed by atoms with E-state index in [1.165, 1.54) is 0 Å². The SMILES string of the molecule is C=CCc1cc(N)ccc1OCCCOCC(F)(F)F. The van der Waals surface area contributed by atoms with Crippen LogP contribution >= 0.6 is 0 Å². The van der Waals surface area contributed by atoms with Gasteiger partial charge in [-0.15, -0.1) is 6.58 Å². The molecule has 112 valence electrons. The first-order chi connectivity index (χ1) is 9.42. The molecule has 0 fully saturated rings. The molecule has 0 spiro atoms. The number of ether oxygens (including phenoxy) is 2. The van der Waals surface area contributed by atoms with Gasteiger partial charge in [0.15, 0.2) is 0 Å². The fourth-order valence-electron chi connectivity index (χ4n) is 1.59. The maximum absolute atomic E-state index is 11.8. The normalized spacial score (nSPS) is 11.3. The Bertz CT molecular complexity index is 433.